The lowest BCUT2D eigenvalue weighted by molar-refractivity contribution is -0.384. The summed E-state index contributed by atoms with van der Waals surface area (Å²) >= 11 is 1.39. The molecule has 0 radical (unpaired) electrons. The minimum absolute atomic E-state index is 0.0472. The summed E-state index contributed by atoms with van der Waals surface area (Å²) in [5, 5.41) is 14.5. The molecule has 0 unspecified atom stereocenters. The highest BCUT2D eigenvalue weighted by Crippen LogP contribution is 2.26. The molecule has 1 N–H and O–H groups in total. The first-order valence-electron chi connectivity index (χ1n) is 7.88. The van der Waals surface area contributed by atoms with Crippen molar-refractivity contribution in [2.24, 2.45) is 5.10 Å². The second kappa shape index (κ2) is 10.2. The minimum Gasteiger partial charge on any atom is -0.493 e. The van der Waals surface area contributed by atoms with Gasteiger partial charge in [-0.3, -0.25) is 14.9 Å². The molecule has 0 heterocycles. The average molecular weight is 389 g/mol. The molecule has 8 nitrogen and oxygen atoms in total. The van der Waals surface area contributed by atoms with E-state index >= 15 is 0 Å². The molecular weight excluding hydrogens is 370 g/mol. The first kappa shape index (κ1) is 20.2. The van der Waals surface area contributed by atoms with Gasteiger partial charge in [-0.15, -0.1) is 11.8 Å². The summed E-state index contributed by atoms with van der Waals surface area (Å²) in [5.41, 5.74) is 4.17. The molecule has 0 aliphatic carbocycles. The van der Waals surface area contributed by atoms with E-state index in [4.69, 9.17) is 9.47 Å². The zero-order valence-electron chi connectivity index (χ0n) is 14.9. The van der Waals surface area contributed by atoms with Crippen LogP contribution >= 0.6 is 11.8 Å². The maximum Gasteiger partial charge on any atom is 0.269 e. The van der Waals surface area contributed by atoms with Gasteiger partial charge in [0, 0.05) is 17.9 Å². The first-order valence-corrected chi connectivity index (χ1v) is 9.04. The average Bonchev–Trinajstić information content (AvgIpc) is 2.68. The standard InChI is InChI=1S/C18H19N3O5S/c1-25-16-8-5-14(9-17(16)26-2)10-19-20-18(22)12-27-11-13-3-6-15(7-4-13)21(23)24/h3-10H,11-12H2,1-2H3,(H,20,22)/b19-10-. The molecule has 0 atom stereocenters. The Hall–Kier alpha value is -3.07. The van der Waals surface area contributed by atoms with Crippen LogP contribution in [0.5, 0.6) is 11.5 Å². The van der Waals surface area contributed by atoms with Crippen LogP contribution in [0, 0.1) is 10.1 Å². The van der Waals surface area contributed by atoms with Gasteiger partial charge in [-0.1, -0.05) is 12.1 Å². The molecule has 0 spiro atoms. The number of hydrogen-bond donors (Lipinski definition) is 1. The van der Waals surface area contributed by atoms with Crippen LogP contribution in [0.25, 0.3) is 0 Å². The van der Waals surface area contributed by atoms with Gasteiger partial charge in [-0.2, -0.15) is 5.10 Å². The number of non-ortho nitro benzene ring substituents is 1. The highest BCUT2D eigenvalue weighted by Gasteiger charge is 2.06. The number of methoxy groups -OCH3 is 2. The van der Waals surface area contributed by atoms with Crippen molar-refractivity contribution >= 4 is 29.6 Å². The van der Waals surface area contributed by atoms with Gasteiger partial charge in [0.2, 0.25) is 5.91 Å². The molecular formula is C18H19N3O5S. The predicted molar refractivity (Wildman–Crippen MR) is 105 cm³/mol. The van der Waals surface area contributed by atoms with Crippen molar-refractivity contribution in [2.75, 3.05) is 20.0 Å². The summed E-state index contributed by atoms with van der Waals surface area (Å²) < 4.78 is 10.4. The van der Waals surface area contributed by atoms with Gasteiger partial charge in [-0.25, -0.2) is 5.43 Å². The molecule has 0 saturated carbocycles. The fourth-order valence-corrected chi connectivity index (χ4v) is 2.90. The van der Waals surface area contributed by atoms with Crippen LogP contribution in [-0.4, -0.2) is 37.0 Å². The number of nitro benzene ring substituents is 1. The fourth-order valence-electron chi connectivity index (χ4n) is 2.12. The molecule has 0 aromatic heterocycles. The number of benzene rings is 2. The number of thioether (sulfide) groups is 1. The van der Waals surface area contributed by atoms with Gasteiger partial charge >= 0.3 is 0 Å². The SMILES string of the molecule is COc1ccc(/C=N\NC(=O)CSCc2ccc([N+](=O)[O-])cc2)cc1OC. The number of rotatable bonds is 9. The summed E-state index contributed by atoms with van der Waals surface area (Å²) in [5.74, 6) is 1.75. The van der Waals surface area contributed by atoms with Gasteiger partial charge in [-0.05, 0) is 29.3 Å². The smallest absolute Gasteiger partial charge is 0.269 e. The number of carbonyl (C=O) groups is 1. The van der Waals surface area contributed by atoms with Gasteiger partial charge in [0.05, 0.1) is 31.1 Å². The zero-order valence-corrected chi connectivity index (χ0v) is 15.7. The topological polar surface area (TPSA) is 103 Å². The van der Waals surface area contributed by atoms with E-state index < -0.39 is 4.92 Å². The van der Waals surface area contributed by atoms with Crippen molar-refractivity contribution in [3.8, 4) is 11.5 Å². The molecule has 142 valence electrons. The van der Waals surface area contributed by atoms with E-state index in [1.165, 1.54) is 30.1 Å². The molecule has 9 heteroatoms. The van der Waals surface area contributed by atoms with Crippen LogP contribution < -0.4 is 14.9 Å². The number of carbonyl (C=O) groups excluding carboxylic acids is 1. The van der Waals surface area contributed by atoms with Crippen LogP contribution in [0.2, 0.25) is 0 Å². The van der Waals surface area contributed by atoms with E-state index in [0.29, 0.717) is 17.3 Å². The number of nitro groups is 1. The van der Waals surface area contributed by atoms with Crippen LogP contribution in [0.3, 0.4) is 0 Å². The van der Waals surface area contributed by atoms with Crippen molar-refractivity contribution < 1.29 is 19.2 Å². The lowest BCUT2D eigenvalue weighted by Gasteiger charge is -2.07. The summed E-state index contributed by atoms with van der Waals surface area (Å²) in [7, 11) is 3.10. The van der Waals surface area contributed by atoms with Crippen molar-refractivity contribution in [3.63, 3.8) is 0 Å². The Morgan fingerprint density at radius 1 is 1.19 bits per heavy atom. The Bertz CT molecular complexity index is 824. The highest BCUT2D eigenvalue weighted by molar-refractivity contribution is 7.99. The van der Waals surface area contributed by atoms with E-state index in [-0.39, 0.29) is 17.3 Å². The molecule has 27 heavy (non-hydrogen) atoms. The van der Waals surface area contributed by atoms with Crippen LogP contribution in [0.4, 0.5) is 5.69 Å². The summed E-state index contributed by atoms with van der Waals surface area (Å²) in [6.07, 6.45) is 1.51. The second-order valence-corrected chi connectivity index (χ2v) is 6.31. The largest absolute Gasteiger partial charge is 0.493 e. The molecule has 0 aliphatic rings. The summed E-state index contributed by atoms with van der Waals surface area (Å²) in [6, 6.07) is 11.5. The molecule has 2 rings (SSSR count). The Morgan fingerprint density at radius 3 is 2.52 bits per heavy atom. The Balaban J connectivity index is 1.77. The summed E-state index contributed by atoms with van der Waals surface area (Å²) in [6.45, 7) is 0. The Kier molecular flexibility index (Phi) is 7.63. The lowest BCUT2D eigenvalue weighted by Crippen LogP contribution is -2.19. The molecule has 1 amide bonds. The van der Waals surface area contributed by atoms with E-state index in [0.717, 1.165) is 11.1 Å². The molecule has 2 aromatic rings. The number of nitrogens with zero attached hydrogens (tertiary/aromatic N) is 2. The van der Waals surface area contributed by atoms with Gasteiger partial charge in [0.1, 0.15) is 0 Å². The third-order valence-electron chi connectivity index (χ3n) is 3.46. The number of ether oxygens (including phenoxy) is 2. The second-order valence-electron chi connectivity index (χ2n) is 5.32. The van der Waals surface area contributed by atoms with Crippen molar-refractivity contribution in [1.29, 1.82) is 0 Å². The first-order chi connectivity index (χ1) is 13.0. The fraction of sp³-hybridized carbons (Fsp3) is 0.222. The third-order valence-corrected chi connectivity index (χ3v) is 4.46. The highest BCUT2D eigenvalue weighted by atomic mass is 32.2. The van der Waals surface area contributed by atoms with E-state index in [1.807, 2.05) is 0 Å². The van der Waals surface area contributed by atoms with E-state index in [9.17, 15) is 14.9 Å². The van der Waals surface area contributed by atoms with Crippen molar-refractivity contribution in [1.82, 2.24) is 5.43 Å². The quantitative estimate of drug-likeness (QED) is 0.402. The monoisotopic (exact) mass is 389 g/mol. The van der Waals surface area contributed by atoms with Crippen molar-refractivity contribution in [2.45, 2.75) is 5.75 Å². The Labute approximate surface area is 160 Å². The lowest BCUT2D eigenvalue weighted by atomic mass is 10.2. The molecule has 2 aromatic carbocycles. The van der Waals surface area contributed by atoms with Crippen molar-refractivity contribution in [3.05, 3.63) is 63.7 Å². The van der Waals surface area contributed by atoms with Crippen LogP contribution in [0.15, 0.2) is 47.6 Å². The molecule has 0 bridgehead atoms. The zero-order chi connectivity index (χ0) is 19.6. The minimum atomic E-state index is -0.444. The number of hydrazone groups is 1. The number of hydrogen-bond acceptors (Lipinski definition) is 7. The summed E-state index contributed by atoms with van der Waals surface area (Å²) in [4.78, 5) is 22.0. The van der Waals surface area contributed by atoms with E-state index in [2.05, 4.69) is 10.5 Å². The predicted octanol–water partition coefficient (Wildman–Crippen LogP) is 3.00. The van der Waals surface area contributed by atoms with Gasteiger partial charge < -0.3 is 9.47 Å². The number of nitrogens with one attached hydrogen (secondary N) is 1. The van der Waals surface area contributed by atoms with Crippen LogP contribution in [-0.2, 0) is 10.5 Å². The molecule has 0 saturated heterocycles. The maximum atomic E-state index is 11.8. The number of amides is 1. The van der Waals surface area contributed by atoms with Crippen LogP contribution in [0.1, 0.15) is 11.1 Å². The van der Waals surface area contributed by atoms with Gasteiger partial charge in [0.25, 0.3) is 5.69 Å². The van der Waals surface area contributed by atoms with Gasteiger partial charge in [0.15, 0.2) is 11.5 Å². The molecule has 0 aliphatic heterocycles. The van der Waals surface area contributed by atoms with E-state index in [1.54, 1.807) is 44.6 Å². The third kappa shape index (κ3) is 6.30. The molecule has 0 fully saturated rings. The normalized spacial score (nSPS) is 10.6. The maximum absolute atomic E-state index is 11.8. The Morgan fingerprint density at radius 2 is 1.89 bits per heavy atom.